The van der Waals surface area contributed by atoms with Gasteiger partial charge in [-0.3, -0.25) is 4.98 Å². The van der Waals surface area contributed by atoms with E-state index in [-0.39, 0.29) is 0 Å². The number of nitrogens with two attached hydrogens (primary N) is 1. The second-order valence-electron chi connectivity index (χ2n) is 3.62. The molecule has 0 saturated heterocycles. The zero-order valence-electron chi connectivity index (χ0n) is 9.90. The summed E-state index contributed by atoms with van der Waals surface area (Å²) < 4.78 is 31.7. The van der Waals surface area contributed by atoms with E-state index in [0.717, 1.165) is 17.8 Å². The lowest BCUT2D eigenvalue weighted by Gasteiger charge is -2.10. The number of nitrogens with zero attached hydrogens (tertiary/aromatic N) is 2. The molecule has 0 amide bonds. The number of hydrogen-bond donors (Lipinski definition) is 2. The van der Waals surface area contributed by atoms with Crippen LogP contribution in [0.1, 0.15) is 5.56 Å². The second-order valence-corrected chi connectivity index (χ2v) is 3.62. The normalized spacial score (nSPS) is 10.8. The van der Waals surface area contributed by atoms with Crippen LogP contribution in [0, 0.1) is 0 Å². The van der Waals surface area contributed by atoms with Crippen LogP contribution in [0.2, 0.25) is 0 Å². The first kappa shape index (κ1) is 16.2. The molecule has 0 atom stereocenters. The van der Waals surface area contributed by atoms with Crippen molar-refractivity contribution in [1.82, 2.24) is 9.88 Å². The van der Waals surface area contributed by atoms with Gasteiger partial charge in [0.05, 0.1) is 11.9 Å². The molecule has 1 heterocycles. The van der Waals surface area contributed by atoms with Crippen molar-refractivity contribution >= 4 is 11.7 Å². The largest absolute Gasteiger partial charge is 0.490 e. The Balaban J connectivity index is 0.000000360. The first-order valence-corrected chi connectivity index (χ1v) is 4.77. The Hall–Kier alpha value is -1.83. The van der Waals surface area contributed by atoms with Crippen molar-refractivity contribution in [2.24, 2.45) is 0 Å². The lowest BCUT2D eigenvalue weighted by Crippen LogP contribution is -2.21. The number of aliphatic carboxylic acids is 1. The highest BCUT2D eigenvalue weighted by Gasteiger charge is 2.38. The van der Waals surface area contributed by atoms with E-state index in [1.165, 1.54) is 0 Å². The Bertz CT molecular complexity index is 394. The van der Waals surface area contributed by atoms with Crippen LogP contribution < -0.4 is 5.73 Å². The molecule has 0 aliphatic rings. The van der Waals surface area contributed by atoms with Gasteiger partial charge in [0, 0.05) is 12.7 Å². The van der Waals surface area contributed by atoms with Gasteiger partial charge in [-0.05, 0) is 25.7 Å². The van der Waals surface area contributed by atoms with Gasteiger partial charge in [0.25, 0.3) is 0 Å². The molecular formula is C10H14F3N3O2. The summed E-state index contributed by atoms with van der Waals surface area (Å²) in [6.07, 6.45) is -1.64. The molecule has 0 radical (unpaired) electrons. The monoisotopic (exact) mass is 265 g/mol. The predicted molar refractivity (Wildman–Crippen MR) is 59.7 cm³/mol. The molecule has 0 aliphatic heterocycles. The number of carbonyl (C=O) groups is 1. The molecule has 0 aliphatic carbocycles. The van der Waals surface area contributed by atoms with Gasteiger partial charge in [0.15, 0.2) is 0 Å². The third-order valence-electron chi connectivity index (χ3n) is 1.68. The van der Waals surface area contributed by atoms with Crippen LogP contribution in [0.15, 0.2) is 18.5 Å². The van der Waals surface area contributed by atoms with Gasteiger partial charge in [-0.25, -0.2) is 4.79 Å². The fraction of sp³-hybridized carbons (Fsp3) is 0.400. The third-order valence-corrected chi connectivity index (χ3v) is 1.68. The van der Waals surface area contributed by atoms with E-state index in [1.54, 1.807) is 12.4 Å². The van der Waals surface area contributed by atoms with E-state index in [9.17, 15) is 13.2 Å². The number of carboxylic acids is 1. The molecule has 5 nitrogen and oxygen atoms in total. The number of rotatable bonds is 2. The zero-order chi connectivity index (χ0) is 14.3. The lowest BCUT2D eigenvalue weighted by molar-refractivity contribution is -0.192. The van der Waals surface area contributed by atoms with E-state index in [4.69, 9.17) is 15.6 Å². The first-order chi connectivity index (χ1) is 8.14. The average Bonchev–Trinajstić information content (AvgIpc) is 2.20. The standard InChI is InChI=1S/C8H13N3.C2HF3O2/c1-11(2)6-7-3-4-10-5-8(7)9;3-2(4,5)1(6)7/h3-5H,6,9H2,1-2H3;(H,6,7). The van der Waals surface area contributed by atoms with E-state index < -0.39 is 12.1 Å². The molecule has 1 aromatic heterocycles. The van der Waals surface area contributed by atoms with Crippen LogP contribution in [-0.2, 0) is 11.3 Å². The summed E-state index contributed by atoms with van der Waals surface area (Å²) in [6, 6.07) is 1.94. The fourth-order valence-corrected chi connectivity index (χ4v) is 0.920. The lowest BCUT2D eigenvalue weighted by atomic mass is 10.2. The molecule has 18 heavy (non-hydrogen) atoms. The maximum Gasteiger partial charge on any atom is 0.490 e. The maximum absolute atomic E-state index is 10.6. The van der Waals surface area contributed by atoms with Crippen molar-refractivity contribution in [3.63, 3.8) is 0 Å². The highest BCUT2D eigenvalue weighted by atomic mass is 19.4. The van der Waals surface area contributed by atoms with Crippen molar-refractivity contribution in [3.8, 4) is 0 Å². The van der Waals surface area contributed by atoms with Crippen LogP contribution in [0.4, 0.5) is 18.9 Å². The molecule has 0 aromatic carbocycles. The number of hydrogen-bond acceptors (Lipinski definition) is 4. The summed E-state index contributed by atoms with van der Waals surface area (Å²) in [5.41, 5.74) is 7.57. The SMILES string of the molecule is CN(C)Cc1ccncc1N.O=C(O)C(F)(F)F. The van der Waals surface area contributed by atoms with E-state index >= 15 is 0 Å². The summed E-state index contributed by atoms with van der Waals surface area (Å²) in [4.78, 5) is 14.9. The van der Waals surface area contributed by atoms with Gasteiger partial charge >= 0.3 is 12.1 Å². The Morgan fingerprint density at radius 2 is 2.00 bits per heavy atom. The fourth-order valence-electron chi connectivity index (χ4n) is 0.920. The van der Waals surface area contributed by atoms with Crippen molar-refractivity contribution in [3.05, 3.63) is 24.0 Å². The van der Waals surface area contributed by atoms with Gasteiger partial charge in [-0.1, -0.05) is 0 Å². The van der Waals surface area contributed by atoms with Gasteiger partial charge in [-0.2, -0.15) is 13.2 Å². The summed E-state index contributed by atoms with van der Waals surface area (Å²) in [6.45, 7) is 0.869. The smallest absolute Gasteiger partial charge is 0.475 e. The topological polar surface area (TPSA) is 79.5 Å². The number of alkyl halides is 3. The first-order valence-electron chi connectivity index (χ1n) is 4.77. The molecule has 0 saturated carbocycles. The Kier molecular flexibility index (Phi) is 6.11. The van der Waals surface area contributed by atoms with Gasteiger partial charge in [-0.15, -0.1) is 0 Å². The summed E-state index contributed by atoms with van der Waals surface area (Å²) >= 11 is 0. The molecule has 3 N–H and O–H groups in total. The molecule has 8 heteroatoms. The number of anilines is 1. The van der Waals surface area contributed by atoms with Crippen LogP contribution in [0.25, 0.3) is 0 Å². The van der Waals surface area contributed by atoms with Crippen LogP contribution in [0.5, 0.6) is 0 Å². The van der Waals surface area contributed by atoms with Crippen molar-refractivity contribution in [1.29, 1.82) is 0 Å². The Labute approximate surface area is 102 Å². The minimum Gasteiger partial charge on any atom is -0.475 e. The number of nitrogen functional groups attached to an aromatic ring is 1. The average molecular weight is 265 g/mol. The van der Waals surface area contributed by atoms with Gasteiger partial charge in [0.2, 0.25) is 0 Å². The minimum absolute atomic E-state index is 0.765. The molecule has 1 rings (SSSR count). The maximum atomic E-state index is 10.6. The molecule has 0 unspecified atom stereocenters. The van der Waals surface area contributed by atoms with Crippen LogP contribution in [0.3, 0.4) is 0 Å². The molecule has 0 bridgehead atoms. The quantitative estimate of drug-likeness (QED) is 0.844. The number of aromatic nitrogens is 1. The number of halogens is 3. The molecule has 0 fully saturated rings. The summed E-state index contributed by atoms with van der Waals surface area (Å²) in [5.74, 6) is -2.76. The van der Waals surface area contributed by atoms with Crippen LogP contribution in [-0.4, -0.2) is 41.2 Å². The second kappa shape index (κ2) is 6.80. The summed E-state index contributed by atoms with van der Waals surface area (Å²) in [7, 11) is 4.03. The zero-order valence-corrected chi connectivity index (χ0v) is 9.90. The number of pyridine rings is 1. The van der Waals surface area contributed by atoms with E-state index in [0.29, 0.717) is 0 Å². The number of carboxylic acid groups (broad SMARTS) is 1. The Morgan fingerprint density at radius 1 is 1.50 bits per heavy atom. The van der Waals surface area contributed by atoms with Crippen LogP contribution >= 0.6 is 0 Å². The Morgan fingerprint density at radius 3 is 2.33 bits per heavy atom. The summed E-state index contributed by atoms with van der Waals surface area (Å²) in [5, 5.41) is 7.12. The van der Waals surface area contributed by atoms with Crippen molar-refractivity contribution in [2.45, 2.75) is 12.7 Å². The van der Waals surface area contributed by atoms with Gasteiger partial charge < -0.3 is 15.7 Å². The molecule has 0 spiro atoms. The van der Waals surface area contributed by atoms with Gasteiger partial charge in [0.1, 0.15) is 0 Å². The highest BCUT2D eigenvalue weighted by molar-refractivity contribution is 5.73. The third kappa shape index (κ3) is 6.69. The van der Waals surface area contributed by atoms with Crippen molar-refractivity contribution in [2.75, 3.05) is 19.8 Å². The van der Waals surface area contributed by atoms with E-state index in [2.05, 4.69) is 9.88 Å². The highest BCUT2D eigenvalue weighted by Crippen LogP contribution is 2.13. The molecule has 102 valence electrons. The van der Waals surface area contributed by atoms with Crippen molar-refractivity contribution < 1.29 is 23.1 Å². The molecular weight excluding hydrogens is 251 g/mol. The minimum atomic E-state index is -5.08. The van der Waals surface area contributed by atoms with E-state index in [1.807, 2.05) is 20.2 Å². The predicted octanol–water partition coefficient (Wildman–Crippen LogP) is 1.36. The molecule has 1 aromatic rings.